The molecule has 0 aliphatic carbocycles. The van der Waals surface area contributed by atoms with Crippen LogP contribution in [0.1, 0.15) is 27.7 Å². The van der Waals surface area contributed by atoms with Crippen LogP contribution in [-0.4, -0.2) is 24.6 Å². The molecular weight excluding hydrogens is 180 g/mol. The van der Waals surface area contributed by atoms with Crippen LogP contribution in [0.15, 0.2) is 11.1 Å². The minimum absolute atomic E-state index is 0.142. The first-order valence-corrected chi connectivity index (χ1v) is 4.78. The predicted molar refractivity (Wildman–Crippen MR) is 54.6 cm³/mol. The fourth-order valence-electron chi connectivity index (χ4n) is 0.952. The molecule has 0 unspecified atom stereocenters. The van der Waals surface area contributed by atoms with Gasteiger partial charge in [-0.05, 0) is 33.3 Å². The van der Waals surface area contributed by atoms with Crippen molar-refractivity contribution in [3.8, 4) is 0 Å². The van der Waals surface area contributed by atoms with Crippen LogP contribution in [0.25, 0.3) is 0 Å². The van der Waals surface area contributed by atoms with E-state index in [4.69, 9.17) is 4.84 Å². The highest BCUT2D eigenvalue weighted by Gasteiger charge is 2.18. The molecule has 0 atom stereocenters. The molecule has 0 aromatic heterocycles. The molecule has 1 heterocycles. The highest BCUT2D eigenvalue weighted by Crippen LogP contribution is 2.10. The molecule has 1 aliphatic rings. The fraction of sp³-hybridized carbons (Fsp3) is 0.700. The van der Waals surface area contributed by atoms with Crippen LogP contribution >= 0.6 is 0 Å². The zero-order valence-corrected chi connectivity index (χ0v) is 9.23. The zero-order valence-electron chi connectivity index (χ0n) is 9.23. The van der Waals surface area contributed by atoms with E-state index in [-0.39, 0.29) is 11.5 Å². The SMILES string of the molecule is CC(C(=O)NOC(C)(C)C)=C1CNC1. The van der Waals surface area contributed by atoms with Gasteiger partial charge in [-0.15, -0.1) is 0 Å². The third-order valence-corrected chi connectivity index (χ3v) is 2.00. The quantitative estimate of drug-likeness (QED) is 0.508. The molecule has 14 heavy (non-hydrogen) atoms. The summed E-state index contributed by atoms with van der Waals surface area (Å²) >= 11 is 0. The Morgan fingerprint density at radius 3 is 2.36 bits per heavy atom. The molecule has 0 aromatic carbocycles. The number of rotatable bonds is 2. The first-order valence-electron chi connectivity index (χ1n) is 4.78. The number of hydroxylamine groups is 1. The molecule has 0 aromatic rings. The molecule has 2 N–H and O–H groups in total. The summed E-state index contributed by atoms with van der Waals surface area (Å²) in [6.07, 6.45) is 0. The molecule has 1 fully saturated rings. The van der Waals surface area contributed by atoms with Crippen LogP contribution in [0.2, 0.25) is 0 Å². The van der Waals surface area contributed by atoms with E-state index < -0.39 is 0 Å². The van der Waals surface area contributed by atoms with E-state index in [9.17, 15) is 4.79 Å². The first kappa shape index (κ1) is 11.2. The van der Waals surface area contributed by atoms with Gasteiger partial charge in [0.25, 0.3) is 5.91 Å². The third kappa shape index (κ3) is 3.12. The monoisotopic (exact) mass is 198 g/mol. The minimum Gasteiger partial charge on any atom is -0.309 e. The van der Waals surface area contributed by atoms with Crippen LogP contribution in [-0.2, 0) is 9.63 Å². The predicted octanol–water partition coefficient (Wildman–Crippen LogP) is 0.752. The lowest BCUT2D eigenvalue weighted by atomic mass is 10.0. The van der Waals surface area contributed by atoms with Crippen molar-refractivity contribution >= 4 is 5.91 Å². The van der Waals surface area contributed by atoms with E-state index in [2.05, 4.69) is 10.8 Å². The summed E-state index contributed by atoms with van der Waals surface area (Å²) in [6.45, 7) is 9.11. The second-order valence-electron chi connectivity index (χ2n) is 4.48. The van der Waals surface area contributed by atoms with Crippen molar-refractivity contribution in [2.75, 3.05) is 13.1 Å². The Hall–Kier alpha value is -0.870. The van der Waals surface area contributed by atoms with Crippen LogP contribution in [0.3, 0.4) is 0 Å². The summed E-state index contributed by atoms with van der Waals surface area (Å²) in [5, 5.41) is 3.09. The lowest BCUT2D eigenvalue weighted by Gasteiger charge is -2.23. The van der Waals surface area contributed by atoms with Crippen molar-refractivity contribution in [2.45, 2.75) is 33.3 Å². The Bertz CT molecular complexity index is 258. The maximum Gasteiger partial charge on any atom is 0.270 e. The molecular formula is C10H18N2O2. The number of nitrogens with one attached hydrogen (secondary N) is 2. The minimum atomic E-state index is -0.349. The van der Waals surface area contributed by atoms with Crippen LogP contribution in [0.5, 0.6) is 0 Å². The largest absolute Gasteiger partial charge is 0.309 e. The van der Waals surface area contributed by atoms with Crippen LogP contribution in [0.4, 0.5) is 0 Å². The van der Waals surface area contributed by atoms with Gasteiger partial charge in [-0.25, -0.2) is 5.48 Å². The van der Waals surface area contributed by atoms with Crippen molar-refractivity contribution in [3.05, 3.63) is 11.1 Å². The molecule has 0 saturated carbocycles. The van der Waals surface area contributed by atoms with Crippen molar-refractivity contribution < 1.29 is 9.63 Å². The second kappa shape index (κ2) is 4.11. The highest BCUT2D eigenvalue weighted by molar-refractivity contribution is 5.93. The first-order chi connectivity index (χ1) is 6.40. The molecule has 1 amide bonds. The van der Waals surface area contributed by atoms with Gasteiger partial charge in [0.05, 0.1) is 5.60 Å². The van der Waals surface area contributed by atoms with Gasteiger partial charge in [-0.3, -0.25) is 9.63 Å². The Morgan fingerprint density at radius 1 is 1.43 bits per heavy atom. The van der Waals surface area contributed by atoms with Crippen LogP contribution < -0.4 is 10.8 Å². The lowest BCUT2D eigenvalue weighted by Crippen LogP contribution is -2.39. The normalized spacial score (nSPS) is 16.1. The van der Waals surface area contributed by atoms with Crippen molar-refractivity contribution in [3.63, 3.8) is 0 Å². The Balaban J connectivity index is 2.43. The summed E-state index contributed by atoms with van der Waals surface area (Å²) in [5.74, 6) is -0.142. The van der Waals surface area contributed by atoms with E-state index >= 15 is 0 Å². The maximum atomic E-state index is 11.5. The number of carbonyl (C=O) groups is 1. The summed E-state index contributed by atoms with van der Waals surface area (Å²) < 4.78 is 0. The average Bonchev–Trinajstić information content (AvgIpc) is 1.95. The topological polar surface area (TPSA) is 50.4 Å². The van der Waals surface area contributed by atoms with Gasteiger partial charge in [-0.2, -0.15) is 0 Å². The van der Waals surface area contributed by atoms with Gasteiger partial charge in [0, 0.05) is 18.7 Å². The smallest absolute Gasteiger partial charge is 0.270 e. The molecule has 0 bridgehead atoms. The molecule has 1 rings (SSSR count). The number of hydrogen-bond donors (Lipinski definition) is 2. The van der Waals surface area contributed by atoms with Crippen molar-refractivity contribution in [1.29, 1.82) is 0 Å². The molecule has 1 aliphatic heterocycles. The second-order valence-corrected chi connectivity index (χ2v) is 4.48. The summed E-state index contributed by atoms with van der Waals surface area (Å²) in [4.78, 5) is 16.7. The number of amides is 1. The average molecular weight is 198 g/mol. The molecule has 4 nitrogen and oxygen atoms in total. The van der Waals surface area contributed by atoms with Gasteiger partial charge in [0.15, 0.2) is 0 Å². The van der Waals surface area contributed by atoms with Gasteiger partial charge in [0.1, 0.15) is 0 Å². The Kier molecular flexibility index (Phi) is 3.29. The molecule has 0 radical (unpaired) electrons. The molecule has 80 valence electrons. The van der Waals surface area contributed by atoms with E-state index in [1.807, 2.05) is 27.7 Å². The summed E-state index contributed by atoms with van der Waals surface area (Å²) in [6, 6.07) is 0. The van der Waals surface area contributed by atoms with E-state index in [0.717, 1.165) is 24.2 Å². The van der Waals surface area contributed by atoms with Gasteiger partial charge in [-0.1, -0.05) is 0 Å². The standard InChI is InChI=1S/C10H18N2O2/c1-7(8-5-11-6-8)9(13)12-14-10(2,3)4/h11H,5-6H2,1-4H3,(H,12,13). The molecule has 1 saturated heterocycles. The van der Waals surface area contributed by atoms with Crippen molar-refractivity contribution in [2.24, 2.45) is 0 Å². The Morgan fingerprint density at radius 2 is 2.00 bits per heavy atom. The van der Waals surface area contributed by atoms with Gasteiger partial charge in [0.2, 0.25) is 0 Å². The van der Waals surface area contributed by atoms with E-state index in [1.54, 1.807) is 0 Å². The van der Waals surface area contributed by atoms with Crippen molar-refractivity contribution in [1.82, 2.24) is 10.8 Å². The summed E-state index contributed by atoms with van der Waals surface area (Å²) in [5.41, 5.74) is 4.01. The highest BCUT2D eigenvalue weighted by atomic mass is 16.7. The summed E-state index contributed by atoms with van der Waals surface area (Å²) in [7, 11) is 0. The van der Waals surface area contributed by atoms with Crippen LogP contribution in [0, 0.1) is 0 Å². The third-order valence-electron chi connectivity index (χ3n) is 2.00. The van der Waals surface area contributed by atoms with Gasteiger partial charge >= 0.3 is 0 Å². The zero-order chi connectivity index (χ0) is 10.8. The maximum absolute atomic E-state index is 11.5. The van der Waals surface area contributed by atoms with E-state index in [0.29, 0.717) is 0 Å². The van der Waals surface area contributed by atoms with Gasteiger partial charge < -0.3 is 5.32 Å². The number of hydrogen-bond acceptors (Lipinski definition) is 3. The lowest BCUT2D eigenvalue weighted by molar-refractivity contribution is -0.141. The Labute approximate surface area is 84.7 Å². The van der Waals surface area contributed by atoms with E-state index in [1.165, 1.54) is 0 Å². The fourth-order valence-corrected chi connectivity index (χ4v) is 0.952. The molecule has 0 spiro atoms. The number of carbonyl (C=O) groups excluding carboxylic acids is 1. The molecule has 4 heteroatoms.